The number of Topliss-reactive ketones (excluding diaryl/α,β-unsaturated/α-hetero) is 1. The SMILES string of the molecule is CC(C)CC(NC(=O)c1ccc(-c2ccccc2)cc1)C(=O)N[C@@]1(C)C(=O)CO[C@@H]1C. The van der Waals surface area contributed by atoms with E-state index < -0.39 is 17.7 Å². The number of nitrogens with one attached hydrogen (secondary N) is 2. The normalized spacial score (nSPS) is 21.7. The second-order valence-electron chi connectivity index (χ2n) is 8.67. The van der Waals surface area contributed by atoms with Gasteiger partial charge < -0.3 is 15.4 Å². The predicted octanol–water partition coefficient (Wildman–Crippen LogP) is 3.36. The summed E-state index contributed by atoms with van der Waals surface area (Å²) < 4.78 is 5.39. The van der Waals surface area contributed by atoms with Crippen LogP contribution in [0.4, 0.5) is 0 Å². The summed E-state index contributed by atoms with van der Waals surface area (Å²) in [7, 11) is 0. The molecule has 0 bridgehead atoms. The first-order chi connectivity index (χ1) is 14.7. The molecular weight excluding hydrogens is 392 g/mol. The van der Waals surface area contributed by atoms with Crippen LogP contribution in [-0.4, -0.2) is 41.9 Å². The zero-order valence-corrected chi connectivity index (χ0v) is 18.5. The van der Waals surface area contributed by atoms with Crippen molar-refractivity contribution in [2.75, 3.05) is 6.61 Å². The van der Waals surface area contributed by atoms with Crippen LogP contribution in [0.25, 0.3) is 11.1 Å². The van der Waals surface area contributed by atoms with Gasteiger partial charge in [-0.15, -0.1) is 0 Å². The zero-order chi connectivity index (χ0) is 22.6. The average Bonchev–Trinajstić information content (AvgIpc) is 3.00. The maximum atomic E-state index is 13.0. The van der Waals surface area contributed by atoms with Crippen LogP contribution >= 0.6 is 0 Å². The Morgan fingerprint density at radius 1 is 1.06 bits per heavy atom. The van der Waals surface area contributed by atoms with Crippen molar-refractivity contribution in [3.05, 3.63) is 60.2 Å². The third kappa shape index (κ3) is 5.20. The fraction of sp³-hybridized carbons (Fsp3) is 0.400. The second kappa shape index (κ2) is 9.43. The van der Waals surface area contributed by atoms with Gasteiger partial charge in [0.1, 0.15) is 18.2 Å². The molecular formula is C25H30N2O4. The van der Waals surface area contributed by atoms with E-state index >= 15 is 0 Å². The van der Waals surface area contributed by atoms with Crippen molar-refractivity contribution in [3.63, 3.8) is 0 Å². The van der Waals surface area contributed by atoms with Crippen LogP contribution in [0.2, 0.25) is 0 Å². The van der Waals surface area contributed by atoms with Gasteiger partial charge in [0, 0.05) is 5.56 Å². The van der Waals surface area contributed by atoms with Crippen molar-refractivity contribution in [2.45, 2.75) is 51.8 Å². The summed E-state index contributed by atoms with van der Waals surface area (Å²) in [4.78, 5) is 38.1. The van der Waals surface area contributed by atoms with Crippen LogP contribution in [0.1, 0.15) is 44.5 Å². The summed E-state index contributed by atoms with van der Waals surface area (Å²) in [5.41, 5.74) is 1.46. The summed E-state index contributed by atoms with van der Waals surface area (Å²) in [6, 6.07) is 16.4. The quantitative estimate of drug-likeness (QED) is 0.717. The molecule has 1 saturated heterocycles. The van der Waals surface area contributed by atoms with Crippen LogP contribution in [-0.2, 0) is 14.3 Å². The third-order valence-electron chi connectivity index (χ3n) is 5.82. The van der Waals surface area contributed by atoms with Crippen molar-refractivity contribution in [1.82, 2.24) is 10.6 Å². The van der Waals surface area contributed by atoms with Crippen molar-refractivity contribution < 1.29 is 19.1 Å². The minimum atomic E-state index is -1.09. The number of ketones is 1. The van der Waals surface area contributed by atoms with Crippen LogP contribution in [0, 0.1) is 5.92 Å². The number of hydrogen-bond donors (Lipinski definition) is 2. The van der Waals surface area contributed by atoms with Gasteiger partial charge in [-0.25, -0.2) is 0 Å². The first kappa shape index (κ1) is 22.7. The molecule has 1 unspecified atom stereocenters. The largest absolute Gasteiger partial charge is 0.368 e. The van der Waals surface area contributed by atoms with E-state index in [4.69, 9.17) is 4.74 Å². The van der Waals surface area contributed by atoms with E-state index in [9.17, 15) is 14.4 Å². The fourth-order valence-corrected chi connectivity index (χ4v) is 3.65. The smallest absolute Gasteiger partial charge is 0.251 e. The van der Waals surface area contributed by atoms with Crippen molar-refractivity contribution in [3.8, 4) is 11.1 Å². The highest BCUT2D eigenvalue weighted by Crippen LogP contribution is 2.23. The Morgan fingerprint density at radius 2 is 1.68 bits per heavy atom. The molecule has 6 heteroatoms. The lowest BCUT2D eigenvalue weighted by molar-refractivity contribution is -0.130. The van der Waals surface area contributed by atoms with Gasteiger partial charge in [0.2, 0.25) is 5.91 Å². The van der Waals surface area contributed by atoms with Crippen LogP contribution < -0.4 is 10.6 Å². The van der Waals surface area contributed by atoms with Gasteiger partial charge >= 0.3 is 0 Å². The monoisotopic (exact) mass is 422 g/mol. The number of hydrogen-bond acceptors (Lipinski definition) is 4. The Kier molecular flexibility index (Phi) is 6.91. The standard InChI is InChI=1S/C25H30N2O4/c1-16(2)14-21(24(30)27-25(4)17(3)31-15-22(25)28)26-23(29)20-12-10-19(11-13-20)18-8-6-5-7-9-18/h5-13,16-17,21H,14-15H2,1-4H3,(H,26,29)(H,27,30)/t17-,21?,25-/m1/s1. The molecule has 3 atom stereocenters. The molecule has 1 fully saturated rings. The molecule has 2 N–H and O–H groups in total. The van der Waals surface area contributed by atoms with Crippen LogP contribution in [0.3, 0.4) is 0 Å². The summed E-state index contributed by atoms with van der Waals surface area (Å²) in [5, 5.41) is 5.66. The molecule has 0 spiro atoms. The zero-order valence-electron chi connectivity index (χ0n) is 18.5. The van der Waals surface area contributed by atoms with Gasteiger partial charge in [0.05, 0.1) is 6.10 Å². The summed E-state index contributed by atoms with van der Waals surface area (Å²) in [6.45, 7) is 7.37. The van der Waals surface area contributed by atoms with E-state index in [0.29, 0.717) is 12.0 Å². The van der Waals surface area contributed by atoms with Gasteiger partial charge in [-0.1, -0.05) is 56.3 Å². The third-order valence-corrected chi connectivity index (χ3v) is 5.82. The first-order valence-corrected chi connectivity index (χ1v) is 10.6. The van der Waals surface area contributed by atoms with E-state index in [1.165, 1.54) is 0 Å². The maximum absolute atomic E-state index is 13.0. The van der Waals surface area contributed by atoms with Crippen LogP contribution in [0.15, 0.2) is 54.6 Å². The molecule has 164 valence electrons. The Balaban J connectivity index is 1.72. The van der Waals surface area contributed by atoms with E-state index in [0.717, 1.165) is 11.1 Å². The Morgan fingerprint density at radius 3 is 2.23 bits per heavy atom. The lowest BCUT2D eigenvalue weighted by Crippen LogP contribution is -2.60. The molecule has 2 aromatic carbocycles. The molecule has 6 nitrogen and oxygen atoms in total. The molecule has 2 amide bonds. The summed E-state index contributed by atoms with van der Waals surface area (Å²) in [5.74, 6) is -0.694. The molecule has 1 aliphatic rings. The highest BCUT2D eigenvalue weighted by atomic mass is 16.5. The Bertz CT molecular complexity index is 940. The second-order valence-corrected chi connectivity index (χ2v) is 8.67. The van der Waals surface area contributed by atoms with Crippen molar-refractivity contribution in [2.24, 2.45) is 5.92 Å². The van der Waals surface area contributed by atoms with Crippen LogP contribution in [0.5, 0.6) is 0 Å². The summed E-state index contributed by atoms with van der Waals surface area (Å²) in [6.07, 6.45) is 0.0315. The Hall–Kier alpha value is -2.99. The number of carbonyl (C=O) groups is 3. The van der Waals surface area contributed by atoms with Gasteiger partial charge in [-0.3, -0.25) is 14.4 Å². The lowest BCUT2D eigenvalue weighted by atomic mass is 9.92. The topological polar surface area (TPSA) is 84.5 Å². The van der Waals surface area contributed by atoms with Gasteiger partial charge in [0.15, 0.2) is 5.78 Å². The Labute approximate surface area is 183 Å². The lowest BCUT2D eigenvalue weighted by Gasteiger charge is -2.30. The van der Waals surface area contributed by atoms with Gasteiger partial charge in [0.25, 0.3) is 5.91 Å². The molecule has 3 rings (SSSR count). The highest BCUT2D eigenvalue weighted by Gasteiger charge is 2.47. The van der Waals surface area contributed by atoms with Gasteiger partial charge in [-0.05, 0) is 49.4 Å². The molecule has 0 radical (unpaired) electrons. The highest BCUT2D eigenvalue weighted by molar-refractivity contribution is 6.00. The number of amides is 2. The molecule has 2 aromatic rings. The molecule has 1 aliphatic heterocycles. The molecule has 0 aliphatic carbocycles. The number of rotatable bonds is 7. The molecule has 1 heterocycles. The number of ether oxygens (including phenoxy) is 1. The van der Waals surface area contributed by atoms with Crippen molar-refractivity contribution >= 4 is 17.6 Å². The predicted molar refractivity (Wildman–Crippen MR) is 120 cm³/mol. The average molecular weight is 423 g/mol. The van der Waals surface area contributed by atoms with Gasteiger partial charge in [-0.2, -0.15) is 0 Å². The van der Waals surface area contributed by atoms with E-state index in [1.54, 1.807) is 26.0 Å². The molecule has 0 saturated carbocycles. The van der Waals surface area contributed by atoms with E-state index in [-0.39, 0.29) is 30.1 Å². The fourth-order valence-electron chi connectivity index (χ4n) is 3.65. The number of benzene rings is 2. The molecule has 31 heavy (non-hydrogen) atoms. The molecule has 0 aromatic heterocycles. The minimum Gasteiger partial charge on any atom is -0.368 e. The maximum Gasteiger partial charge on any atom is 0.251 e. The van der Waals surface area contributed by atoms with E-state index in [2.05, 4.69) is 10.6 Å². The summed E-state index contributed by atoms with van der Waals surface area (Å²) >= 11 is 0. The number of carbonyl (C=O) groups excluding carboxylic acids is 3. The first-order valence-electron chi connectivity index (χ1n) is 10.6. The van der Waals surface area contributed by atoms with E-state index in [1.807, 2.05) is 56.3 Å². The van der Waals surface area contributed by atoms with Crippen molar-refractivity contribution in [1.29, 1.82) is 0 Å². The minimum absolute atomic E-state index is 0.0209.